The fraction of sp³-hybridized carbons (Fsp3) is 0.333. The fourth-order valence-electron chi connectivity index (χ4n) is 1.79. The van der Waals surface area contributed by atoms with Gasteiger partial charge in [0, 0.05) is 24.0 Å². The largest absolute Gasteiger partial charge is 0.490 e. The number of alkyl halides is 1. The van der Waals surface area contributed by atoms with Crippen LogP contribution in [0.3, 0.4) is 0 Å². The minimum absolute atomic E-state index is 0.0502. The van der Waals surface area contributed by atoms with Crippen LogP contribution in [-0.4, -0.2) is 32.4 Å². The highest BCUT2D eigenvalue weighted by Crippen LogP contribution is 2.27. The Morgan fingerprint density at radius 1 is 1.50 bits per heavy atom. The van der Waals surface area contributed by atoms with Crippen molar-refractivity contribution in [3.63, 3.8) is 0 Å². The number of hydrogen-bond donors (Lipinski definition) is 0. The van der Waals surface area contributed by atoms with Gasteiger partial charge in [-0.3, -0.25) is 10.1 Å². The number of rotatable bonds is 6. The van der Waals surface area contributed by atoms with E-state index in [-0.39, 0.29) is 11.4 Å². The van der Waals surface area contributed by atoms with Gasteiger partial charge in [0.2, 0.25) is 0 Å². The summed E-state index contributed by atoms with van der Waals surface area (Å²) in [5, 5.41) is 19.8. The molecule has 0 bridgehead atoms. The number of ether oxygens (including phenoxy) is 1. The maximum Gasteiger partial charge on any atom is 0.311 e. The molecule has 8 heteroatoms. The van der Waals surface area contributed by atoms with Crippen LogP contribution in [0.15, 0.2) is 24.4 Å². The molecule has 0 amide bonds. The van der Waals surface area contributed by atoms with Crippen LogP contribution in [0.2, 0.25) is 0 Å². The van der Waals surface area contributed by atoms with E-state index in [4.69, 9.17) is 4.74 Å². The second-order valence-electron chi connectivity index (χ2n) is 4.11. The van der Waals surface area contributed by atoms with E-state index in [1.807, 2.05) is 6.20 Å². The quantitative estimate of drug-likeness (QED) is 0.457. The zero-order valence-corrected chi connectivity index (χ0v) is 12.4. The molecule has 1 aromatic heterocycles. The Hall–Kier alpha value is -1.96. The number of methoxy groups -OCH3 is 1. The molecular weight excluding hydrogens is 328 g/mol. The molecule has 1 heterocycles. The second kappa shape index (κ2) is 6.47. The molecular formula is C12H13BrN4O3. The van der Waals surface area contributed by atoms with Crippen LogP contribution in [0.4, 0.5) is 5.69 Å². The summed E-state index contributed by atoms with van der Waals surface area (Å²) in [6.07, 6.45) is 2.63. The summed E-state index contributed by atoms with van der Waals surface area (Å²) in [5.74, 6) is 0.248. The van der Waals surface area contributed by atoms with Gasteiger partial charge >= 0.3 is 5.69 Å². The van der Waals surface area contributed by atoms with Crippen LogP contribution in [0, 0.1) is 10.1 Å². The lowest BCUT2D eigenvalue weighted by atomic mass is 10.2. The van der Waals surface area contributed by atoms with Crippen molar-refractivity contribution in [2.45, 2.75) is 13.0 Å². The normalized spacial score (nSPS) is 10.5. The number of nitrogens with zero attached hydrogens (tertiary/aromatic N) is 4. The molecule has 20 heavy (non-hydrogen) atoms. The monoisotopic (exact) mass is 340 g/mol. The van der Waals surface area contributed by atoms with Crippen LogP contribution >= 0.6 is 15.9 Å². The Balaban J connectivity index is 2.20. The van der Waals surface area contributed by atoms with Crippen molar-refractivity contribution in [1.29, 1.82) is 0 Å². The maximum absolute atomic E-state index is 11.0. The van der Waals surface area contributed by atoms with Gasteiger partial charge in [-0.2, -0.15) is 0 Å². The van der Waals surface area contributed by atoms with Gasteiger partial charge in [-0.25, -0.2) is 4.68 Å². The van der Waals surface area contributed by atoms with Crippen molar-refractivity contribution in [3.05, 3.63) is 45.8 Å². The van der Waals surface area contributed by atoms with E-state index in [0.29, 0.717) is 6.54 Å². The van der Waals surface area contributed by atoms with Crippen LogP contribution in [0.25, 0.3) is 0 Å². The molecule has 0 fully saturated rings. The summed E-state index contributed by atoms with van der Waals surface area (Å²) >= 11 is 3.34. The molecule has 0 N–H and O–H groups in total. The third-order valence-corrected chi connectivity index (χ3v) is 3.12. The first kappa shape index (κ1) is 14.4. The number of halogens is 1. The minimum Gasteiger partial charge on any atom is -0.490 e. The average Bonchev–Trinajstić information content (AvgIpc) is 2.86. The Kier molecular flexibility index (Phi) is 4.67. The lowest BCUT2D eigenvalue weighted by Crippen LogP contribution is -2.02. The Morgan fingerprint density at radius 3 is 2.95 bits per heavy atom. The molecule has 0 atom stereocenters. The Morgan fingerprint density at radius 2 is 2.30 bits per heavy atom. The number of nitro benzene ring substituents is 1. The smallest absolute Gasteiger partial charge is 0.311 e. The summed E-state index contributed by atoms with van der Waals surface area (Å²) in [6.45, 7) is 0.431. The van der Waals surface area contributed by atoms with Gasteiger partial charge in [-0.1, -0.05) is 27.2 Å². The van der Waals surface area contributed by atoms with Gasteiger partial charge in [-0.15, -0.1) is 5.10 Å². The van der Waals surface area contributed by atoms with Crippen molar-refractivity contribution in [3.8, 4) is 5.75 Å². The molecule has 0 aliphatic heterocycles. The van der Waals surface area contributed by atoms with E-state index in [1.165, 1.54) is 13.2 Å². The average molecular weight is 341 g/mol. The molecule has 106 valence electrons. The van der Waals surface area contributed by atoms with Gasteiger partial charge in [0.05, 0.1) is 24.3 Å². The lowest BCUT2D eigenvalue weighted by Gasteiger charge is -2.04. The van der Waals surface area contributed by atoms with E-state index < -0.39 is 4.92 Å². The highest BCUT2D eigenvalue weighted by atomic mass is 79.9. The maximum atomic E-state index is 11.0. The summed E-state index contributed by atoms with van der Waals surface area (Å²) in [7, 11) is 1.41. The molecule has 7 nitrogen and oxygen atoms in total. The molecule has 0 aliphatic rings. The van der Waals surface area contributed by atoms with Crippen molar-refractivity contribution < 1.29 is 9.66 Å². The first-order chi connectivity index (χ1) is 9.63. The van der Waals surface area contributed by atoms with E-state index in [1.54, 1.807) is 16.8 Å². The first-order valence-corrected chi connectivity index (χ1v) is 7.02. The lowest BCUT2D eigenvalue weighted by molar-refractivity contribution is -0.385. The van der Waals surface area contributed by atoms with Crippen LogP contribution < -0.4 is 4.74 Å². The van der Waals surface area contributed by atoms with Gasteiger partial charge in [0.1, 0.15) is 0 Å². The van der Waals surface area contributed by atoms with Gasteiger partial charge in [0.15, 0.2) is 5.75 Å². The van der Waals surface area contributed by atoms with Gasteiger partial charge in [-0.05, 0) is 11.6 Å². The topological polar surface area (TPSA) is 83.1 Å². The first-order valence-electron chi connectivity index (χ1n) is 5.90. The number of benzene rings is 1. The van der Waals surface area contributed by atoms with E-state index in [9.17, 15) is 10.1 Å². The van der Waals surface area contributed by atoms with Gasteiger partial charge < -0.3 is 4.74 Å². The van der Waals surface area contributed by atoms with Gasteiger partial charge in [0.25, 0.3) is 0 Å². The third-order valence-electron chi connectivity index (χ3n) is 2.72. The standard InChI is InChI=1S/C12H13BrN4O3/c1-20-12-3-2-9(6-11(12)17(18)19)7-16-8-10(4-5-13)14-15-16/h2-3,6,8H,4-5,7H2,1H3. The molecule has 2 aromatic rings. The predicted molar refractivity (Wildman–Crippen MR) is 76.3 cm³/mol. The highest BCUT2D eigenvalue weighted by molar-refractivity contribution is 9.09. The molecule has 1 aromatic carbocycles. The van der Waals surface area contributed by atoms with E-state index in [0.717, 1.165) is 23.0 Å². The molecule has 0 aliphatic carbocycles. The SMILES string of the molecule is COc1ccc(Cn2cc(CCBr)nn2)cc1[N+](=O)[O-]. The van der Waals surface area contributed by atoms with Crippen molar-refractivity contribution >= 4 is 21.6 Å². The number of nitro groups is 1. The summed E-state index contributed by atoms with van der Waals surface area (Å²) < 4.78 is 6.62. The number of aromatic nitrogens is 3. The molecule has 0 saturated heterocycles. The minimum atomic E-state index is -0.458. The Labute approximate surface area is 123 Å². The second-order valence-corrected chi connectivity index (χ2v) is 4.90. The molecule has 0 radical (unpaired) electrons. The van der Waals surface area contributed by atoms with Crippen LogP contribution in [0.5, 0.6) is 5.75 Å². The summed E-state index contributed by atoms with van der Waals surface area (Å²) in [4.78, 5) is 10.5. The summed E-state index contributed by atoms with van der Waals surface area (Å²) in [6, 6.07) is 4.85. The zero-order chi connectivity index (χ0) is 14.5. The number of hydrogen-bond acceptors (Lipinski definition) is 5. The Bertz CT molecular complexity index is 614. The number of aryl methyl sites for hydroxylation is 1. The van der Waals surface area contributed by atoms with Crippen molar-refractivity contribution in [2.75, 3.05) is 12.4 Å². The van der Waals surface area contributed by atoms with Crippen molar-refractivity contribution in [1.82, 2.24) is 15.0 Å². The third kappa shape index (κ3) is 3.32. The fourth-order valence-corrected chi connectivity index (χ4v) is 2.20. The summed E-state index contributed by atoms with van der Waals surface area (Å²) in [5.41, 5.74) is 1.60. The van der Waals surface area contributed by atoms with Crippen LogP contribution in [0.1, 0.15) is 11.3 Å². The van der Waals surface area contributed by atoms with Crippen molar-refractivity contribution in [2.24, 2.45) is 0 Å². The zero-order valence-electron chi connectivity index (χ0n) is 10.8. The highest BCUT2D eigenvalue weighted by Gasteiger charge is 2.15. The van der Waals surface area contributed by atoms with Crippen LogP contribution in [-0.2, 0) is 13.0 Å². The molecule has 0 spiro atoms. The predicted octanol–water partition coefficient (Wildman–Crippen LogP) is 2.18. The molecule has 0 saturated carbocycles. The van der Waals surface area contributed by atoms with E-state index in [2.05, 4.69) is 26.2 Å². The van der Waals surface area contributed by atoms with E-state index >= 15 is 0 Å². The molecule has 2 rings (SSSR count). The molecule has 0 unspecified atom stereocenters.